The number of unbranched alkanes of at least 4 members (excludes halogenated alkanes) is 1. The summed E-state index contributed by atoms with van der Waals surface area (Å²) in [5.74, 6) is 0.595. The standard InChI is InChI=1S/C30H35N5O3S/c1-5-8-13-26-31-20(4)25(18-27(39)34(6-2)7-3)29(36)35(26)19-21-14-16-22(17-15-21)23-11-9-10-12-24(23)28-32-30(37)38-33-28/h9-12,14-17H,5-8,13,18-19H2,1-4H3,(H,32,33,37). The molecular formula is C30H35N5O3S. The van der Waals surface area contributed by atoms with Gasteiger partial charge >= 0.3 is 5.76 Å². The lowest BCUT2D eigenvalue weighted by molar-refractivity contribution is 0.388. The second kappa shape index (κ2) is 12.8. The minimum Gasteiger partial charge on any atom is -0.366 e. The lowest BCUT2D eigenvalue weighted by Crippen LogP contribution is -2.35. The van der Waals surface area contributed by atoms with Crippen molar-refractivity contribution in [2.45, 2.75) is 59.9 Å². The van der Waals surface area contributed by atoms with Gasteiger partial charge in [-0.2, -0.15) is 0 Å². The van der Waals surface area contributed by atoms with Crippen molar-refractivity contribution in [2.24, 2.45) is 0 Å². The van der Waals surface area contributed by atoms with Crippen molar-refractivity contribution in [2.75, 3.05) is 13.1 Å². The van der Waals surface area contributed by atoms with Crippen LogP contribution in [-0.2, 0) is 19.4 Å². The van der Waals surface area contributed by atoms with Crippen molar-refractivity contribution in [3.63, 3.8) is 0 Å². The molecule has 0 amide bonds. The van der Waals surface area contributed by atoms with Crippen LogP contribution < -0.4 is 11.3 Å². The maximum absolute atomic E-state index is 13.8. The van der Waals surface area contributed by atoms with Gasteiger partial charge in [0.05, 0.1) is 11.5 Å². The minimum atomic E-state index is -0.594. The number of H-pyrrole nitrogens is 1. The Labute approximate surface area is 233 Å². The van der Waals surface area contributed by atoms with E-state index in [1.807, 2.05) is 60.0 Å². The number of thiocarbonyl (C=S) groups is 1. The second-order valence-corrected chi connectivity index (χ2v) is 9.99. The molecule has 0 fully saturated rings. The normalized spacial score (nSPS) is 11.1. The van der Waals surface area contributed by atoms with Crippen molar-refractivity contribution in [1.82, 2.24) is 24.6 Å². The molecule has 0 bridgehead atoms. The molecule has 0 saturated heterocycles. The van der Waals surface area contributed by atoms with Gasteiger partial charge < -0.3 is 4.90 Å². The highest BCUT2D eigenvalue weighted by molar-refractivity contribution is 7.80. The molecule has 0 aliphatic heterocycles. The quantitative estimate of drug-likeness (QED) is 0.260. The smallest absolute Gasteiger partial charge is 0.366 e. The van der Waals surface area contributed by atoms with E-state index in [9.17, 15) is 9.59 Å². The van der Waals surface area contributed by atoms with Crippen LogP contribution in [-0.4, -0.2) is 42.7 Å². The van der Waals surface area contributed by atoms with E-state index >= 15 is 0 Å². The number of hydrogen-bond donors (Lipinski definition) is 1. The van der Waals surface area contributed by atoms with Gasteiger partial charge in [0.1, 0.15) is 5.82 Å². The van der Waals surface area contributed by atoms with Crippen LogP contribution in [0.1, 0.15) is 56.3 Å². The molecule has 0 unspecified atom stereocenters. The zero-order valence-corrected chi connectivity index (χ0v) is 23.8. The average molecular weight is 546 g/mol. The third kappa shape index (κ3) is 6.42. The molecule has 4 aromatic rings. The molecule has 9 heteroatoms. The molecule has 0 atom stereocenters. The van der Waals surface area contributed by atoms with Crippen molar-refractivity contribution >= 4 is 17.2 Å². The maximum atomic E-state index is 13.8. The van der Waals surface area contributed by atoms with E-state index in [1.165, 1.54) is 0 Å². The first kappa shape index (κ1) is 28.2. The third-order valence-electron chi connectivity index (χ3n) is 6.97. The van der Waals surface area contributed by atoms with Crippen LogP contribution in [0.15, 0.2) is 62.6 Å². The maximum Gasteiger partial charge on any atom is 0.439 e. The SMILES string of the molecule is CCCCc1nc(C)c(CC(=S)N(CC)CC)c(=O)n1Cc1ccc(-c2ccccc2-c2noc(=O)[nH]2)cc1. The van der Waals surface area contributed by atoms with E-state index in [4.69, 9.17) is 21.7 Å². The average Bonchev–Trinajstić information content (AvgIpc) is 3.38. The van der Waals surface area contributed by atoms with E-state index in [-0.39, 0.29) is 5.56 Å². The number of benzene rings is 2. The van der Waals surface area contributed by atoms with Crippen LogP contribution in [0.2, 0.25) is 0 Å². The van der Waals surface area contributed by atoms with E-state index < -0.39 is 5.76 Å². The summed E-state index contributed by atoms with van der Waals surface area (Å²) >= 11 is 5.68. The van der Waals surface area contributed by atoms with Crippen LogP contribution in [0.25, 0.3) is 22.5 Å². The number of nitrogens with one attached hydrogen (secondary N) is 1. The predicted octanol–water partition coefficient (Wildman–Crippen LogP) is 5.16. The van der Waals surface area contributed by atoms with Crippen LogP contribution in [0, 0.1) is 6.92 Å². The molecule has 0 saturated carbocycles. The van der Waals surface area contributed by atoms with Gasteiger partial charge in [0.15, 0.2) is 5.82 Å². The zero-order valence-electron chi connectivity index (χ0n) is 23.0. The largest absolute Gasteiger partial charge is 0.439 e. The van der Waals surface area contributed by atoms with Gasteiger partial charge in [0.2, 0.25) is 0 Å². The highest BCUT2D eigenvalue weighted by Gasteiger charge is 2.18. The molecule has 1 N–H and O–H groups in total. The summed E-state index contributed by atoms with van der Waals surface area (Å²) in [6.07, 6.45) is 3.15. The Morgan fingerprint density at radius 2 is 1.72 bits per heavy atom. The lowest BCUT2D eigenvalue weighted by atomic mass is 9.98. The fraction of sp³-hybridized carbons (Fsp3) is 0.367. The topological polar surface area (TPSA) is 97.0 Å². The van der Waals surface area contributed by atoms with E-state index in [1.54, 1.807) is 0 Å². The van der Waals surface area contributed by atoms with Crippen molar-refractivity contribution in [1.29, 1.82) is 0 Å². The molecule has 204 valence electrons. The van der Waals surface area contributed by atoms with Gasteiger partial charge in [-0.25, -0.2) is 9.78 Å². The van der Waals surface area contributed by atoms with Crippen molar-refractivity contribution in [3.8, 4) is 22.5 Å². The molecule has 39 heavy (non-hydrogen) atoms. The molecule has 0 radical (unpaired) electrons. The Morgan fingerprint density at radius 3 is 2.33 bits per heavy atom. The van der Waals surface area contributed by atoms with Crippen LogP contribution in [0.3, 0.4) is 0 Å². The summed E-state index contributed by atoms with van der Waals surface area (Å²) in [5.41, 5.74) is 5.05. The first-order valence-corrected chi connectivity index (χ1v) is 13.9. The van der Waals surface area contributed by atoms with Crippen LogP contribution in [0.4, 0.5) is 0 Å². The highest BCUT2D eigenvalue weighted by Crippen LogP contribution is 2.30. The lowest BCUT2D eigenvalue weighted by Gasteiger charge is -2.23. The van der Waals surface area contributed by atoms with Crippen LogP contribution >= 0.6 is 12.2 Å². The third-order valence-corrected chi connectivity index (χ3v) is 7.38. The Morgan fingerprint density at radius 1 is 1.03 bits per heavy atom. The van der Waals surface area contributed by atoms with Gasteiger partial charge in [-0.1, -0.05) is 79.3 Å². The number of rotatable bonds is 11. The van der Waals surface area contributed by atoms with E-state index in [0.717, 1.165) is 71.1 Å². The van der Waals surface area contributed by atoms with Gasteiger partial charge in [-0.15, -0.1) is 0 Å². The number of likely N-dealkylation sites (N-methyl/N-ethyl adjacent to an activating group) is 1. The molecule has 0 spiro atoms. The molecule has 4 rings (SSSR count). The van der Waals surface area contributed by atoms with E-state index in [0.29, 0.717) is 24.4 Å². The zero-order chi connectivity index (χ0) is 27.9. The Kier molecular flexibility index (Phi) is 9.24. The highest BCUT2D eigenvalue weighted by atomic mass is 32.1. The summed E-state index contributed by atoms with van der Waals surface area (Å²) in [6.45, 7) is 10.2. The van der Waals surface area contributed by atoms with Crippen molar-refractivity contribution in [3.05, 3.63) is 92.1 Å². The number of hydrogen-bond acceptors (Lipinski definition) is 6. The minimum absolute atomic E-state index is 0.0208. The van der Waals surface area contributed by atoms with Gasteiger partial charge in [0.25, 0.3) is 5.56 Å². The fourth-order valence-electron chi connectivity index (χ4n) is 4.75. The summed E-state index contributed by atoms with van der Waals surface area (Å²) in [6, 6.07) is 15.8. The predicted molar refractivity (Wildman–Crippen MR) is 158 cm³/mol. The van der Waals surface area contributed by atoms with Gasteiger partial charge in [-0.05, 0) is 43.9 Å². The summed E-state index contributed by atoms with van der Waals surface area (Å²) < 4.78 is 6.51. The summed E-state index contributed by atoms with van der Waals surface area (Å²) in [4.78, 5) is 35.7. The van der Waals surface area contributed by atoms with Crippen molar-refractivity contribution < 1.29 is 4.52 Å². The van der Waals surface area contributed by atoms with E-state index in [2.05, 4.69) is 35.8 Å². The first-order chi connectivity index (χ1) is 18.9. The number of aryl methyl sites for hydroxylation is 2. The fourth-order valence-corrected chi connectivity index (χ4v) is 5.15. The van der Waals surface area contributed by atoms with Crippen LogP contribution in [0.5, 0.6) is 0 Å². The molecule has 2 heterocycles. The molecular weight excluding hydrogens is 510 g/mol. The number of aromatic nitrogens is 4. The molecule has 0 aliphatic rings. The number of aromatic amines is 1. The summed E-state index contributed by atoms with van der Waals surface area (Å²) in [7, 11) is 0. The Hall–Kier alpha value is -3.85. The molecule has 2 aromatic heterocycles. The second-order valence-electron chi connectivity index (χ2n) is 9.52. The Bertz CT molecular complexity index is 1550. The first-order valence-electron chi connectivity index (χ1n) is 13.5. The monoisotopic (exact) mass is 545 g/mol. The molecule has 2 aromatic carbocycles. The molecule has 8 nitrogen and oxygen atoms in total. The molecule has 0 aliphatic carbocycles. The number of nitrogens with zero attached hydrogens (tertiary/aromatic N) is 4. The summed E-state index contributed by atoms with van der Waals surface area (Å²) in [5, 5.41) is 3.85. The Balaban J connectivity index is 1.67. The van der Waals surface area contributed by atoms with Gasteiger partial charge in [-0.3, -0.25) is 18.9 Å². The van der Waals surface area contributed by atoms with Gasteiger partial charge in [0, 0.05) is 42.8 Å².